The third-order valence-electron chi connectivity index (χ3n) is 4.26. The van der Waals surface area contributed by atoms with Crippen LogP contribution in [0.1, 0.15) is 31.7 Å². The second kappa shape index (κ2) is 12.5. The minimum atomic E-state index is -0.982. The minimum Gasteiger partial charge on any atom is -0.294 e. The lowest BCUT2D eigenvalue weighted by Gasteiger charge is -2.21. The number of nitrogens with two attached hydrogens (primary N) is 2. The summed E-state index contributed by atoms with van der Waals surface area (Å²) in [6.45, 7) is 3.06. The first-order valence-electron chi connectivity index (χ1n) is 9.76. The van der Waals surface area contributed by atoms with E-state index in [1.54, 1.807) is 43.3 Å². The first-order chi connectivity index (χ1) is 16.3. The molecule has 0 aliphatic carbocycles. The molecule has 0 spiro atoms. The van der Waals surface area contributed by atoms with Gasteiger partial charge < -0.3 is 0 Å². The molecule has 2 aromatic rings. The number of carbonyl (C=O) groups excluding carboxylic acids is 4. The molecular weight excluding hydrogens is 444 g/mol. The first kappa shape index (κ1) is 25.7. The van der Waals surface area contributed by atoms with Gasteiger partial charge in [-0.2, -0.15) is 5.10 Å². The highest BCUT2D eigenvalue weighted by atomic mass is 16.2. The molecule has 0 fully saturated rings. The van der Waals surface area contributed by atoms with Crippen LogP contribution in [0.5, 0.6) is 0 Å². The summed E-state index contributed by atoms with van der Waals surface area (Å²) in [6, 6.07) is 10.0. The molecule has 4 amide bonds. The molecule has 0 saturated carbocycles. The molecular formula is C20H24N10O4. The van der Waals surface area contributed by atoms with Crippen molar-refractivity contribution in [1.29, 1.82) is 0 Å². The maximum absolute atomic E-state index is 13.4. The zero-order valence-electron chi connectivity index (χ0n) is 18.4. The number of carbonyl (C=O) groups is 4. The van der Waals surface area contributed by atoms with Crippen LogP contribution in [-0.4, -0.2) is 44.4 Å². The van der Waals surface area contributed by atoms with Crippen LogP contribution in [0.2, 0.25) is 0 Å². The Kier molecular flexibility index (Phi) is 9.45. The van der Waals surface area contributed by atoms with E-state index in [-0.39, 0.29) is 11.3 Å². The van der Waals surface area contributed by atoms with Crippen molar-refractivity contribution in [3.8, 4) is 0 Å². The summed E-state index contributed by atoms with van der Waals surface area (Å²) in [5.41, 5.74) is 8.98. The number of hydrogen-bond acceptors (Lipinski definition) is 10. The quantitative estimate of drug-likeness (QED) is 0.0476. The summed E-state index contributed by atoms with van der Waals surface area (Å²) in [6.07, 6.45) is 2.39. The highest BCUT2D eigenvalue weighted by Gasteiger charge is 2.28. The van der Waals surface area contributed by atoms with Crippen LogP contribution in [0.4, 0.5) is 0 Å². The second-order valence-corrected chi connectivity index (χ2v) is 6.61. The Morgan fingerprint density at radius 1 is 0.912 bits per heavy atom. The van der Waals surface area contributed by atoms with Crippen molar-refractivity contribution >= 4 is 34.9 Å². The van der Waals surface area contributed by atoms with Gasteiger partial charge in [-0.05, 0) is 43.7 Å². The SMILES string of the molecule is CC(=NN(NNC(=O)CC(=O)NN)C(=O)C(C(=O)NN)=C(C)c1ccccn1)c1ccccn1. The van der Waals surface area contributed by atoms with Gasteiger partial charge in [-0.25, -0.2) is 11.7 Å². The maximum atomic E-state index is 13.4. The molecule has 0 bridgehead atoms. The van der Waals surface area contributed by atoms with Gasteiger partial charge in [-0.1, -0.05) is 12.1 Å². The lowest BCUT2D eigenvalue weighted by molar-refractivity contribution is -0.136. The van der Waals surface area contributed by atoms with Crippen LogP contribution < -0.4 is 33.5 Å². The van der Waals surface area contributed by atoms with Crippen LogP contribution in [0.25, 0.3) is 5.57 Å². The van der Waals surface area contributed by atoms with E-state index in [0.717, 1.165) is 0 Å². The van der Waals surface area contributed by atoms with Crippen molar-refractivity contribution in [2.24, 2.45) is 16.8 Å². The lowest BCUT2D eigenvalue weighted by atomic mass is 10.0. The third kappa shape index (κ3) is 6.99. The van der Waals surface area contributed by atoms with Crippen LogP contribution in [-0.2, 0) is 19.2 Å². The summed E-state index contributed by atoms with van der Waals surface area (Å²) in [7, 11) is 0. The first-order valence-corrected chi connectivity index (χ1v) is 9.76. The molecule has 34 heavy (non-hydrogen) atoms. The Balaban J connectivity index is 2.47. The van der Waals surface area contributed by atoms with E-state index in [1.165, 1.54) is 19.3 Å². The molecule has 178 valence electrons. The molecule has 2 rings (SSSR count). The summed E-state index contributed by atoms with van der Waals surface area (Å²) in [5.74, 6) is 6.77. The molecule has 8 N–H and O–H groups in total. The van der Waals surface area contributed by atoms with Gasteiger partial charge >= 0.3 is 0 Å². The number of hydrazone groups is 1. The zero-order chi connectivity index (χ0) is 25.1. The third-order valence-corrected chi connectivity index (χ3v) is 4.26. The van der Waals surface area contributed by atoms with Gasteiger partial charge in [0, 0.05) is 12.4 Å². The Morgan fingerprint density at radius 2 is 1.53 bits per heavy atom. The van der Waals surface area contributed by atoms with Crippen molar-refractivity contribution in [2.75, 3.05) is 0 Å². The van der Waals surface area contributed by atoms with Gasteiger partial charge in [0.15, 0.2) is 0 Å². The van der Waals surface area contributed by atoms with Crippen LogP contribution in [0.3, 0.4) is 0 Å². The van der Waals surface area contributed by atoms with E-state index < -0.39 is 35.6 Å². The van der Waals surface area contributed by atoms with Crippen LogP contribution in [0, 0.1) is 0 Å². The minimum absolute atomic E-state index is 0.194. The molecule has 0 aliphatic rings. The Bertz CT molecular complexity index is 1100. The molecule has 0 unspecified atom stereocenters. The predicted octanol–water partition coefficient (Wildman–Crippen LogP) is -1.59. The smallest absolute Gasteiger partial charge is 0.294 e. The van der Waals surface area contributed by atoms with Gasteiger partial charge in [0.25, 0.3) is 11.8 Å². The van der Waals surface area contributed by atoms with E-state index >= 15 is 0 Å². The molecule has 14 heteroatoms. The van der Waals surface area contributed by atoms with Crippen LogP contribution in [0.15, 0.2) is 59.5 Å². The number of pyridine rings is 2. The fourth-order valence-corrected chi connectivity index (χ4v) is 2.57. The summed E-state index contributed by atoms with van der Waals surface area (Å²) >= 11 is 0. The fourth-order valence-electron chi connectivity index (χ4n) is 2.57. The number of hydrazine groups is 4. The Hall–Kier alpha value is -4.53. The molecule has 0 saturated heterocycles. The average Bonchev–Trinajstić information content (AvgIpc) is 2.86. The van der Waals surface area contributed by atoms with Gasteiger partial charge in [0.1, 0.15) is 12.0 Å². The number of aromatic nitrogens is 2. The van der Waals surface area contributed by atoms with Crippen molar-refractivity contribution in [2.45, 2.75) is 20.3 Å². The van der Waals surface area contributed by atoms with Gasteiger partial charge in [-0.15, -0.1) is 10.7 Å². The van der Waals surface area contributed by atoms with Crippen molar-refractivity contribution in [3.05, 3.63) is 65.8 Å². The largest absolute Gasteiger partial charge is 0.296 e. The Labute approximate surface area is 194 Å². The predicted molar refractivity (Wildman–Crippen MR) is 121 cm³/mol. The number of nitrogens with zero attached hydrogens (tertiary/aromatic N) is 4. The van der Waals surface area contributed by atoms with E-state index in [4.69, 9.17) is 11.7 Å². The number of nitrogens with one attached hydrogen (secondary N) is 4. The van der Waals surface area contributed by atoms with Gasteiger partial charge in [-0.3, -0.25) is 45.4 Å². The molecule has 0 atom stereocenters. The fraction of sp³-hybridized carbons (Fsp3) is 0.150. The number of hydrogen-bond donors (Lipinski definition) is 6. The van der Waals surface area contributed by atoms with Gasteiger partial charge in [0.05, 0.1) is 17.1 Å². The van der Waals surface area contributed by atoms with Crippen molar-refractivity contribution < 1.29 is 19.2 Å². The van der Waals surface area contributed by atoms with Crippen LogP contribution >= 0.6 is 0 Å². The molecule has 2 aromatic heterocycles. The highest BCUT2D eigenvalue weighted by molar-refractivity contribution is 6.23. The number of amides is 4. The van der Waals surface area contributed by atoms with Gasteiger partial charge in [0.2, 0.25) is 11.8 Å². The average molecular weight is 468 g/mol. The van der Waals surface area contributed by atoms with Crippen molar-refractivity contribution in [1.82, 2.24) is 36.9 Å². The number of rotatable bonds is 9. The molecule has 2 heterocycles. The Morgan fingerprint density at radius 3 is 2.06 bits per heavy atom. The summed E-state index contributed by atoms with van der Waals surface area (Å²) in [5, 5.41) is 4.75. The standard InChI is InChI=1S/C20H24N10O4/c1-12(14-7-3-5-9-23-14)18(19(33)26-22)20(34)30(29-27-17(32)11-16(31)25-21)28-13(2)15-8-4-6-10-24-15/h3-10,29H,11,21-22H2,1-2H3,(H,25,31)(H,26,33)(H,27,32). The lowest BCUT2D eigenvalue weighted by Crippen LogP contribution is -2.52. The van der Waals surface area contributed by atoms with E-state index in [0.29, 0.717) is 16.5 Å². The molecule has 0 radical (unpaired) electrons. The summed E-state index contributed by atoms with van der Waals surface area (Å²) in [4.78, 5) is 57.5. The van der Waals surface area contributed by atoms with E-state index in [9.17, 15) is 19.2 Å². The van der Waals surface area contributed by atoms with Crippen molar-refractivity contribution in [3.63, 3.8) is 0 Å². The zero-order valence-corrected chi connectivity index (χ0v) is 18.4. The summed E-state index contributed by atoms with van der Waals surface area (Å²) < 4.78 is 0. The normalized spacial score (nSPS) is 11.7. The molecule has 14 nitrogen and oxygen atoms in total. The van der Waals surface area contributed by atoms with E-state index in [1.807, 2.05) is 10.9 Å². The maximum Gasteiger partial charge on any atom is 0.296 e. The molecule has 0 aromatic carbocycles. The molecule has 0 aliphatic heterocycles. The second-order valence-electron chi connectivity index (χ2n) is 6.61. The van der Waals surface area contributed by atoms with E-state index in [2.05, 4.69) is 26.0 Å². The highest BCUT2D eigenvalue weighted by Crippen LogP contribution is 2.18. The number of allylic oxidation sites excluding steroid dienone is 1. The topological polar surface area (TPSA) is 210 Å². The monoisotopic (exact) mass is 468 g/mol.